The van der Waals surface area contributed by atoms with E-state index in [2.05, 4.69) is 6.92 Å². The number of benzene rings is 1. The Bertz CT molecular complexity index is 329. The molecule has 4 heteroatoms. The minimum absolute atomic E-state index is 0.337. The summed E-state index contributed by atoms with van der Waals surface area (Å²) in [7, 11) is 0. The summed E-state index contributed by atoms with van der Waals surface area (Å²) in [6.45, 7) is 2.55. The molecule has 1 aromatic carbocycles. The van der Waals surface area contributed by atoms with Gasteiger partial charge in [-0.2, -0.15) is 11.8 Å². The van der Waals surface area contributed by atoms with E-state index < -0.39 is 6.10 Å². The summed E-state index contributed by atoms with van der Waals surface area (Å²) >= 11 is 7.58. The van der Waals surface area contributed by atoms with Crippen LogP contribution in [-0.4, -0.2) is 29.3 Å². The van der Waals surface area contributed by atoms with Crippen molar-refractivity contribution in [3.05, 3.63) is 29.3 Å². The molecule has 0 saturated carbocycles. The van der Waals surface area contributed by atoms with Crippen LogP contribution >= 0.6 is 23.4 Å². The molecular weight excluding hydrogens is 280 g/mol. The lowest BCUT2D eigenvalue weighted by atomic mass is 10.2. The zero-order chi connectivity index (χ0) is 13.9. The second kappa shape index (κ2) is 10.4. The smallest absolute Gasteiger partial charge is 0.119 e. The van der Waals surface area contributed by atoms with Gasteiger partial charge in [-0.25, -0.2) is 0 Å². The number of unbranched alkanes of at least 4 members (excludes halogenated alkanes) is 3. The lowest BCUT2D eigenvalue weighted by Gasteiger charge is -2.12. The molecule has 1 N–H and O–H groups in total. The maximum atomic E-state index is 9.80. The van der Waals surface area contributed by atoms with Crippen molar-refractivity contribution in [1.29, 1.82) is 0 Å². The van der Waals surface area contributed by atoms with Crippen molar-refractivity contribution in [2.24, 2.45) is 0 Å². The van der Waals surface area contributed by atoms with E-state index in [1.54, 1.807) is 23.9 Å². The van der Waals surface area contributed by atoms with Gasteiger partial charge in [0.05, 0.1) is 6.10 Å². The molecule has 0 aromatic heterocycles. The van der Waals surface area contributed by atoms with Crippen LogP contribution in [0.15, 0.2) is 24.3 Å². The number of hydrogen-bond donors (Lipinski definition) is 1. The van der Waals surface area contributed by atoms with Gasteiger partial charge in [-0.15, -0.1) is 0 Å². The molecule has 0 bridgehead atoms. The lowest BCUT2D eigenvalue weighted by molar-refractivity contribution is 0.126. The summed E-state index contributed by atoms with van der Waals surface area (Å²) in [4.78, 5) is 0. The molecule has 108 valence electrons. The normalized spacial score (nSPS) is 12.4. The topological polar surface area (TPSA) is 29.5 Å². The molecule has 0 heterocycles. The maximum absolute atomic E-state index is 9.80. The van der Waals surface area contributed by atoms with E-state index in [0.29, 0.717) is 11.6 Å². The minimum Gasteiger partial charge on any atom is -0.491 e. The van der Waals surface area contributed by atoms with Gasteiger partial charge in [-0.3, -0.25) is 0 Å². The number of hydrogen-bond acceptors (Lipinski definition) is 3. The van der Waals surface area contributed by atoms with Crippen LogP contribution < -0.4 is 4.74 Å². The lowest BCUT2D eigenvalue weighted by Crippen LogP contribution is -2.20. The van der Waals surface area contributed by atoms with Gasteiger partial charge in [0.25, 0.3) is 0 Å². The summed E-state index contributed by atoms with van der Waals surface area (Å²) in [5, 5.41) is 10.5. The molecule has 0 fully saturated rings. The molecule has 0 amide bonds. The number of halogens is 1. The van der Waals surface area contributed by atoms with Gasteiger partial charge in [0.15, 0.2) is 0 Å². The molecule has 1 aromatic rings. The number of thioether (sulfide) groups is 1. The van der Waals surface area contributed by atoms with Crippen molar-refractivity contribution in [1.82, 2.24) is 0 Å². The summed E-state index contributed by atoms with van der Waals surface area (Å²) in [6, 6.07) is 7.19. The van der Waals surface area contributed by atoms with Gasteiger partial charge in [-0.1, -0.05) is 37.8 Å². The van der Waals surface area contributed by atoms with Gasteiger partial charge < -0.3 is 9.84 Å². The average Bonchev–Trinajstić information content (AvgIpc) is 2.42. The monoisotopic (exact) mass is 302 g/mol. The van der Waals surface area contributed by atoms with Crippen LogP contribution in [0.2, 0.25) is 5.02 Å². The highest BCUT2D eigenvalue weighted by atomic mass is 35.5. The maximum Gasteiger partial charge on any atom is 0.119 e. The zero-order valence-electron chi connectivity index (χ0n) is 11.5. The van der Waals surface area contributed by atoms with E-state index in [4.69, 9.17) is 16.3 Å². The first-order valence-corrected chi connectivity index (χ1v) is 8.39. The van der Waals surface area contributed by atoms with E-state index in [-0.39, 0.29) is 0 Å². The van der Waals surface area contributed by atoms with Crippen LogP contribution in [-0.2, 0) is 0 Å². The first-order chi connectivity index (χ1) is 9.22. The zero-order valence-corrected chi connectivity index (χ0v) is 13.1. The second-order valence-corrected chi connectivity index (χ2v) is 6.14. The fraction of sp³-hybridized carbons (Fsp3) is 0.600. The number of aliphatic hydroxyl groups is 1. The molecule has 0 aliphatic heterocycles. The predicted octanol–water partition coefficient (Wildman–Crippen LogP) is 4.39. The molecule has 19 heavy (non-hydrogen) atoms. The quantitative estimate of drug-likeness (QED) is 0.650. The fourth-order valence-electron chi connectivity index (χ4n) is 1.62. The van der Waals surface area contributed by atoms with Crippen LogP contribution in [0.3, 0.4) is 0 Å². The number of aliphatic hydroxyl groups excluding tert-OH is 1. The molecular formula is C15H23ClO2S. The Morgan fingerprint density at radius 3 is 2.63 bits per heavy atom. The van der Waals surface area contributed by atoms with Gasteiger partial charge >= 0.3 is 0 Å². The third kappa shape index (κ3) is 8.40. The molecule has 0 aliphatic carbocycles. The molecule has 1 atom stereocenters. The molecule has 1 rings (SSSR count). The minimum atomic E-state index is -0.410. The molecule has 2 nitrogen and oxygen atoms in total. The first-order valence-electron chi connectivity index (χ1n) is 6.86. The SMILES string of the molecule is CCCCCCSCC(O)COc1ccc(Cl)cc1. The van der Waals surface area contributed by atoms with Crippen molar-refractivity contribution < 1.29 is 9.84 Å². The summed E-state index contributed by atoms with van der Waals surface area (Å²) in [5.74, 6) is 2.61. The highest BCUT2D eigenvalue weighted by Crippen LogP contribution is 2.16. The van der Waals surface area contributed by atoms with Crippen molar-refractivity contribution in [3.8, 4) is 5.75 Å². The van der Waals surface area contributed by atoms with E-state index in [1.165, 1.54) is 25.7 Å². The van der Waals surface area contributed by atoms with Crippen LogP contribution in [0.5, 0.6) is 5.75 Å². The van der Waals surface area contributed by atoms with Crippen LogP contribution in [0.4, 0.5) is 0 Å². The Morgan fingerprint density at radius 2 is 1.95 bits per heavy atom. The standard InChI is InChI=1S/C15H23ClO2S/c1-2-3-4-5-10-19-12-14(17)11-18-15-8-6-13(16)7-9-15/h6-9,14,17H,2-5,10-12H2,1H3. The van der Waals surface area contributed by atoms with Gasteiger partial charge in [-0.05, 0) is 36.4 Å². The molecule has 0 radical (unpaired) electrons. The van der Waals surface area contributed by atoms with Crippen molar-refractivity contribution in [2.45, 2.75) is 38.7 Å². The number of rotatable bonds is 10. The van der Waals surface area contributed by atoms with Crippen LogP contribution in [0, 0.1) is 0 Å². The highest BCUT2D eigenvalue weighted by molar-refractivity contribution is 7.99. The van der Waals surface area contributed by atoms with Gasteiger partial charge in [0.1, 0.15) is 12.4 Å². The number of ether oxygens (including phenoxy) is 1. The molecule has 0 saturated heterocycles. The average molecular weight is 303 g/mol. The second-order valence-electron chi connectivity index (χ2n) is 4.55. The summed E-state index contributed by atoms with van der Waals surface area (Å²) < 4.78 is 5.50. The Balaban J connectivity index is 2.04. The highest BCUT2D eigenvalue weighted by Gasteiger charge is 2.05. The Morgan fingerprint density at radius 1 is 1.21 bits per heavy atom. The predicted molar refractivity (Wildman–Crippen MR) is 84.4 cm³/mol. The first kappa shape index (κ1) is 16.7. The van der Waals surface area contributed by atoms with Gasteiger partial charge in [0, 0.05) is 10.8 Å². The molecule has 0 aliphatic rings. The van der Waals surface area contributed by atoms with Crippen LogP contribution in [0.25, 0.3) is 0 Å². The van der Waals surface area contributed by atoms with Crippen molar-refractivity contribution >= 4 is 23.4 Å². The largest absolute Gasteiger partial charge is 0.491 e. The Labute approximate surface area is 125 Å². The third-order valence-corrected chi connectivity index (χ3v) is 4.16. The van der Waals surface area contributed by atoms with Gasteiger partial charge in [0.2, 0.25) is 0 Å². The summed E-state index contributed by atoms with van der Waals surface area (Å²) in [5.41, 5.74) is 0. The molecule has 0 spiro atoms. The summed E-state index contributed by atoms with van der Waals surface area (Å²) in [6.07, 6.45) is 4.70. The van der Waals surface area contributed by atoms with Crippen LogP contribution in [0.1, 0.15) is 32.6 Å². The van der Waals surface area contributed by atoms with Crippen molar-refractivity contribution in [3.63, 3.8) is 0 Å². The fourth-order valence-corrected chi connectivity index (χ4v) is 2.69. The van der Waals surface area contributed by atoms with E-state index >= 15 is 0 Å². The molecule has 1 unspecified atom stereocenters. The Hall–Kier alpha value is -0.380. The van der Waals surface area contributed by atoms with Crippen molar-refractivity contribution in [2.75, 3.05) is 18.1 Å². The van der Waals surface area contributed by atoms with E-state index in [0.717, 1.165) is 17.3 Å². The van der Waals surface area contributed by atoms with E-state index in [1.807, 2.05) is 12.1 Å². The third-order valence-electron chi connectivity index (χ3n) is 2.71. The van der Waals surface area contributed by atoms with E-state index in [9.17, 15) is 5.11 Å². The Kier molecular flexibility index (Phi) is 9.14.